The van der Waals surface area contributed by atoms with E-state index < -0.39 is 0 Å². The number of benzene rings is 1. The molecule has 19 heavy (non-hydrogen) atoms. The number of carbonyl (C=O) groups excluding carboxylic acids is 2. The molecule has 1 aromatic rings. The first-order valence-electron chi connectivity index (χ1n) is 6.84. The van der Waals surface area contributed by atoms with Gasteiger partial charge in [-0.3, -0.25) is 4.79 Å². The number of allylic oxidation sites excluding steroid dienone is 1. The molecular weight excluding hydrogens is 236 g/mol. The van der Waals surface area contributed by atoms with Gasteiger partial charge in [0.25, 0.3) is 0 Å². The maximum atomic E-state index is 12.1. The Bertz CT molecular complexity index is 487. The van der Waals surface area contributed by atoms with Crippen LogP contribution in [0.1, 0.15) is 44.1 Å². The van der Waals surface area contributed by atoms with Crippen molar-refractivity contribution in [3.05, 3.63) is 48.0 Å². The summed E-state index contributed by atoms with van der Waals surface area (Å²) in [5.74, 6) is 0.583. The Morgan fingerprint density at radius 1 is 1.26 bits per heavy atom. The molecule has 2 rings (SSSR count). The summed E-state index contributed by atoms with van der Waals surface area (Å²) < 4.78 is 0. The summed E-state index contributed by atoms with van der Waals surface area (Å²) in [5.41, 5.74) is 2.13. The van der Waals surface area contributed by atoms with E-state index in [0.29, 0.717) is 19.3 Å². The van der Waals surface area contributed by atoms with Crippen LogP contribution in [0.15, 0.2) is 42.5 Å². The summed E-state index contributed by atoms with van der Waals surface area (Å²) in [4.78, 5) is 23.2. The van der Waals surface area contributed by atoms with Gasteiger partial charge in [0.15, 0.2) is 0 Å². The van der Waals surface area contributed by atoms with Gasteiger partial charge in [-0.15, -0.1) is 0 Å². The molecule has 100 valence electrons. The van der Waals surface area contributed by atoms with E-state index in [-0.39, 0.29) is 23.4 Å². The van der Waals surface area contributed by atoms with Crippen molar-refractivity contribution in [3.8, 4) is 0 Å². The van der Waals surface area contributed by atoms with Gasteiger partial charge < -0.3 is 4.79 Å². The van der Waals surface area contributed by atoms with Gasteiger partial charge in [-0.1, -0.05) is 42.5 Å². The average molecular weight is 256 g/mol. The fourth-order valence-corrected chi connectivity index (χ4v) is 2.91. The third kappa shape index (κ3) is 3.19. The molecule has 1 unspecified atom stereocenters. The standard InChI is InChI=1S/C17H20O2/c1-12(8-9-13(2)18)17-15(10-11-16(17)19)14-6-4-3-5-7-14/h3-7,15,17H,1,8-11H2,2H3/t15-,17?/m1/s1. The molecule has 0 heterocycles. The number of carbonyl (C=O) groups is 2. The summed E-state index contributed by atoms with van der Waals surface area (Å²) in [7, 11) is 0. The second-order valence-electron chi connectivity index (χ2n) is 5.36. The van der Waals surface area contributed by atoms with Crippen LogP contribution in [-0.2, 0) is 9.59 Å². The number of hydrogen-bond donors (Lipinski definition) is 0. The Kier molecular flexibility index (Phi) is 4.31. The first-order chi connectivity index (χ1) is 9.09. The lowest BCUT2D eigenvalue weighted by Gasteiger charge is -2.21. The van der Waals surface area contributed by atoms with Crippen molar-refractivity contribution in [1.29, 1.82) is 0 Å². The van der Waals surface area contributed by atoms with E-state index >= 15 is 0 Å². The van der Waals surface area contributed by atoms with Crippen LogP contribution < -0.4 is 0 Å². The lowest BCUT2D eigenvalue weighted by molar-refractivity contribution is -0.120. The lowest BCUT2D eigenvalue weighted by Crippen LogP contribution is -2.16. The highest BCUT2D eigenvalue weighted by Gasteiger charge is 2.36. The van der Waals surface area contributed by atoms with E-state index in [1.807, 2.05) is 18.2 Å². The highest BCUT2D eigenvalue weighted by Crippen LogP contribution is 2.41. The molecule has 0 aromatic heterocycles. The summed E-state index contributed by atoms with van der Waals surface area (Å²) >= 11 is 0. The molecule has 0 radical (unpaired) electrons. The lowest BCUT2D eigenvalue weighted by atomic mass is 9.82. The Balaban J connectivity index is 2.14. The van der Waals surface area contributed by atoms with Crippen LogP contribution in [0.4, 0.5) is 0 Å². The molecule has 1 aromatic carbocycles. The van der Waals surface area contributed by atoms with Crippen LogP contribution in [0.25, 0.3) is 0 Å². The highest BCUT2D eigenvalue weighted by atomic mass is 16.1. The van der Waals surface area contributed by atoms with Gasteiger partial charge >= 0.3 is 0 Å². The zero-order chi connectivity index (χ0) is 13.8. The maximum absolute atomic E-state index is 12.1. The van der Waals surface area contributed by atoms with Crippen LogP contribution in [0.5, 0.6) is 0 Å². The molecule has 1 aliphatic rings. The largest absolute Gasteiger partial charge is 0.300 e. The normalized spacial score (nSPS) is 22.5. The minimum absolute atomic E-state index is 0.0956. The minimum Gasteiger partial charge on any atom is -0.300 e. The van der Waals surface area contributed by atoms with E-state index in [9.17, 15) is 9.59 Å². The Hall–Kier alpha value is -1.70. The molecule has 0 spiro atoms. The van der Waals surface area contributed by atoms with Gasteiger partial charge in [0.2, 0.25) is 0 Å². The fraction of sp³-hybridized carbons (Fsp3) is 0.412. The van der Waals surface area contributed by atoms with Gasteiger partial charge in [0.1, 0.15) is 11.6 Å². The summed E-state index contributed by atoms with van der Waals surface area (Å²) in [5, 5.41) is 0. The first-order valence-corrected chi connectivity index (χ1v) is 6.84. The predicted molar refractivity (Wildman–Crippen MR) is 76.0 cm³/mol. The molecule has 1 fully saturated rings. The van der Waals surface area contributed by atoms with Crippen molar-refractivity contribution >= 4 is 11.6 Å². The fourth-order valence-electron chi connectivity index (χ4n) is 2.91. The Morgan fingerprint density at radius 2 is 1.95 bits per heavy atom. The van der Waals surface area contributed by atoms with Crippen molar-refractivity contribution in [2.75, 3.05) is 0 Å². The maximum Gasteiger partial charge on any atom is 0.140 e. The number of ketones is 2. The number of Topliss-reactive ketones (excluding diaryl/α,β-unsaturated/α-hetero) is 2. The van der Waals surface area contributed by atoms with Gasteiger partial charge in [-0.25, -0.2) is 0 Å². The average Bonchev–Trinajstić information content (AvgIpc) is 2.79. The molecule has 1 saturated carbocycles. The summed E-state index contributed by atoms with van der Waals surface area (Å²) in [6.45, 7) is 5.64. The molecule has 0 saturated heterocycles. The predicted octanol–water partition coefficient (Wildman–Crippen LogP) is 3.67. The first kappa shape index (κ1) is 13.7. The van der Waals surface area contributed by atoms with Crippen LogP contribution in [-0.4, -0.2) is 11.6 Å². The highest BCUT2D eigenvalue weighted by molar-refractivity contribution is 5.87. The monoisotopic (exact) mass is 256 g/mol. The van der Waals surface area contributed by atoms with Crippen molar-refractivity contribution < 1.29 is 9.59 Å². The summed E-state index contributed by atoms with van der Waals surface area (Å²) in [6, 6.07) is 10.2. The SMILES string of the molecule is C=C(CCC(C)=O)C1C(=O)CC[C@@H]1c1ccccc1. The molecule has 0 aliphatic heterocycles. The van der Waals surface area contributed by atoms with Crippen LogP contribution in [0.3, 0.4) is 0 Å². The Labute approximate surface area is 114 Å². The molecule has 2 nitrogen and oxygen atoms in total. The van der Waals surface area contributed by atoms with Crippen LogP contribution in [0.2, 0.25) is 0 Å². The van der Waals surface area contributed by atoms with Crippen molar-refractivity contribution in [2.24, 2.45) is 5.92 Å². The molecule has 0 amide bonds. The molecule has 2 atom stereocenters. The third-order valence-corrected chi connectivity index (χ3v) is 3.92. The quantitative estimate of drug-likeness (QED) is 0.753. The molecular formula is C17H20O2. The minimum atomic E-state index is -0.0956. The second kappa shape index (κ2) is 5.96. The van der Waals surface area contributed by atoms with Crippen molar-refractivity contribution in [2.45, 2.75) is 38.5 Å². The molecule has 1 aliphatic carbocycles. The molecule has 0 N–H and O–H groups in total. The van der Waals surface area contributed by atoms with E-state index in [2.05, 4.69) is 18.7 Å². The van der Waals surface area contributed by atoms with Crippen molar-refractivity contribution in [1.82, 2.24) is 0 Å². The van der Waals surface area contributed by atoms with Gasteiger partial charge in [-0.05, 0) is 31.2 Å². The van der Waals surface area contributed by atoms with E-state index in [4.69, 9.17) is 0 Å². The van der Waals surface area contributed by atoms with Gasteiger partial charge in [-0.2, -0.15) is 0 Å². The number of hydrogen-bond acceptors (Lipinski definition) is 2. The Morgan fingerprint density at radius 3 is 2.58 bits per heavy atom. The molecule has 2 heteroatoms. The zero-order valence-electron chi connectivity index (χ0n) is 11.4. The second-order valence-corrected chi connectivity index (χ2v) is 5.36. The van der Waals surface area contributed by atoms with E-state index in [1.54, 1.807) is 6.92 Å². The smallest absolute Gasteiger partial charge is 0.140 e. The van der Waals surface area contributed by atoms with Crippen LogP contribution >= 0.6 is 0 Å². The van der Waals surface area contributed by atoms with E-state index in [1.165, 1.54) is 5.56 Å². The molecule has 0 bridgehead atoms. The van der Waals surface area contributed by atoms with Gasteiger partial charge in [0, 0.05) is 18.8 Å². The van der Waals surface area contributed by atoms with Gasteiger partial charge in [0.05, 0.1) is 0 Å². The topological polar surface area (TPSA) is 34.1 Å². The van der Waals surface area contributed by atoms with Crippen molar-refractivity contribution in [3.63, 3.8) is 0 Å². The summed E-state index contributed by atoms with van der Waals surface area (Å²) in [6.07, 6.45) is 2.65. The number of rotatable bonds is 5. The van der Waals surface area contributed by atoms with Crippen LogP contribution in [0, 0.1) is 5.92 Å². The third-order valence-electron chi connectivity index (χ3n) is 3.92. The van der Waals surface area contributed by atoms with E-state index in [0.717, 1.165) is 12.0 Å². The zero-order valence-corrected chi connectivity index (χ0v) is 11.4.